The summed E-state index contributed by atoms with van der Waals surface area (Å²) in [4.78, 5) is 31.2. The van der Waals surface area contributed by atoms with Crippen molar-refractivity contribution in [2.75, 3.05) is 19.5 Å². The molecule has 0 spiro atoms. The number of nitrogens with one attached hydrogen (secondary N) is 1. The molecule has 0 aliphatic carbocycles. The number of thioether (sulfide) groups is 1. The van der Waals surface area contributed by atoms with Crippen molar-refractivity contribution in [2.24, 2.45) is 4.99 Å². The van der Waals surface area contributed by atoms with Crippen LogP contribution in [0.5, 0.6) is 5.75 Å². The van der Waals surface area contributed by atoms with E-state index in [0.29, 0.717) is 16.6 Å². The Morgan fingerprint density at radius 2 is 2.00 bits per heavy atom. The molecule has 0 aromatic heterocycles. The molecule has 1 saturated heterocycles. The van der Waals surface area contributed by atoms with Gasteiger partial charge in [0.15, 0.2) is 5.17 Å². The monoisotopic (exact) mass is 397 g/mol. The van der Waals surface area contributed by atoms with Gasteiger partial charge in [0.2, 0.25) is 11.8 Å². The van der Waals surface area contributed by atoms with E-state index in [1.807, 2.05) is 32.0 Å². The number of amides is 2. The van der Waals surface area contributed by atoms with E-state index in [1.54, 1.807) is 38.4 Å². The highest BCUT2D eigenvalue weighted by molar-refractivity contribution is 8.15. The molecule has 2 aromatic carbocycles. The molecule has 1 fully saturated rings. The molecule has 1 aliphatic rings. The average Bonchev–Trinajstić information content (AvgIpc) is 2.68. The summed E-state index contributed by atoms with van der Waals surface area (Å²) in [5, 5.41) is 2.83. The molecule has 146 valence electrons. The van der Waals surface area contributed by atoms with Gasteiger partial charge in [0.05, 0.1) is 12.8 Å². The normalized spacial score (nSPS) is 18.3. The third-order valence-electron chi connectivity index (χ3n) is 4.61. The summed E-state index contributed by atoms with van der Waals surface area (Å²) in [6.07, 6.45) is 0.128. The summed E-state index contributed by atoms with van der Waals surface area (Å²) in [6.45, 7) is 4.06. The smallest absolute Gasteiger partial charge is 0.238 e. The maximum atomic E-state index is 12.7. The average molecular weight is 398 g/mol. The Hall–Kier alpha value is -2.80. The summed E-state index contributed by atoms with van der Waals surface area (Å²) in [5.74, 6) is 0.293. The molecule has 1 heterocycles. The van der Waals surface area contributed by atoms with Gasteiger partial charge in [0.25, 0.3) is 0 Å². The van der Waals surface area contributed by atoms with E-state index in [9.17, 15) is 9.59 Å². The zero-order chi connectivity index (χ0) is 20.3. The van der Waals surface area contributed by atoms with Crippen LogP contribution in [0, 0.1) is 13.8 Å². The van der Waals surface area contributed by atoms with Gasteiger partial charge in [-0.15, -0.1) is 0 Å². The first kappa shape index (κ1) is 19.9. The van der Waals surface area contributed by atoms with Crippen LogP contribution in [0.25, 0.3) is 0 Å². The molecule has 1 N–H and O–H groups in total. The molecule has 0 bridgehead atoms. The van der Waals surface area contributed by atoms with E-state index in [-0.39, 0.29) is 18.2 Å². The van der Waals surface area contributed by atoms with Crippen LogP contribution in [-0.4, -0.2) is 41.3 Å². The fourth-order valence-electron chi connectivity index (χ4n) is 2.73. The van der Waals surface area contributed by atoms with Gasteiger partial charge in [-0.25, -0.2) is 4.99 Å². The quantitative estimate of drug-likeness (QED) is 0.849. The zero-order valence-electron chi connectivity index (χ0n) is 16.4. The van der Waals surface area contributed by atoms with Crippen molar-refractivity contribution in [3.8, 4) is 5.75 Å². The highest BCUT2D eigenvalue weighted by Gasteiger charge is 2.34. The molecular formula is C21H23N3O3S. The van der Waals surface area contributed by atoms with Crippen molar-refractivity contribution in [2.45, 2.75) is 25.5 Å². The first-order valence-corrected chi connectivity index (χ1v) is 9.79. The number of methoxy groups -OCH3 is 1. The molecule has 7 heteroatoms. The van der Waals surface area contributed by atoms with Crippen molar-refractivity contribution in [3.05, 3.63) is 53.6 Å². The Bertz CT molecular complexity index is 942. The number of rotatable bonds is 4. The number of amidine groups is 1. The van der Waals surface area contributed by atoms with E-state index in [4.69, 9.17) is 4.74 Å². The van der Waals surface area contributed by atoms with E-state index in [0.717, 1.165) is 11.3 Å². The highest BCUT2D eigenvalue weighted by Crippen LogP contribution is 2.30. The molecule has 0 radical (unpaired) electrons. The van der Waals surface area contributed by atoms with Crippen LogP contribution in [-0.2, 0) is 9.59 Å². The third-order valence-corrected chi connectivity index (χ3v) is 5.85. The van der Waals surface area contributed by atoms with E-state index >= 15 is 0 Å². The van der Waals surface area contributed by atoms with Crippen molar-refractivity contribution in [1.29, 1.82) is 0 Å². The first-order valence-electron chi connectivity index (χ1n) is 8.91. The third kappa shape index (κ3) is 4.54. The van der Waals surface area contributed by atoms with Crippen LogP contribution < -0.4 is 10.1 Å². The van der Waals surface area contributed by atoms with Crippen LogP contribution in [0.4, 0.5) is 11.4 Å². The number of ether oxygens (including phenoxy) is 1. The second kappa shape index (κ2) is 8.48. The molecule has 0 saturated carbocycles. The lowest BCUT2D eigenvalue weighted by Crippen LogP contribution is -2.43. The Morgan fingerprint density at radius 3 is 2.71 bits per heavy atom. The number of benzene rings is 2. The Kier molecular flexibility index (Phi) is 6.04. The predicted molar refractivity (Wildman–Crippen MR) is 113 cm³/mol. The number of nitrogens with zero attached hydrogens (tertiary/aromatic N) is 2. The maximum Gasteiger partial charge on any atom is 0.238 e. The molecule has 0 unspecified atom stereocenters. The number of aliphatic imine (C=N–C) groups is 1. The second-order valence-corrected chi connectivity index (χ2v) is 7.82. The van der Waals surface area contributed by atoms with Crippen molar-refractivity contribution in [3.63, 3.8) is 0 Å². The van der Waals surface area contributed by atoms with Gasteiger partial charge < -0.3 is 10.1 Å². The summed E-state index contributed by atoms with van der Waals surface area (Å²) in [7, 11) is 3.26. The van der Waals surface area contributed by atoms with E-state index < -0.39 is 5.25 Å². The number of hydrogen-bond acceptors (Lipinski definition) is 5. The topological polar surface area (TPSA) is 71.0 Å². The molecule has 3 rings (SSSR count). The summed E-state index contributed by atoms with van der Waals surface area (Å²) in [6, 6.07) is 13.0. The fourth-order valence-corrected chi connectivity index (χ4v) is 3.79. The lowest BCUT2D eigenvalue weighted by Gasteiger charge is -2.28. The summed E-state index contributed by atoms with van der Waals surface area (Å²) in [5.41, 5.74) is 3.70. The fraction of sp³-hybridized carbons (Fsp3) is 0.286. The van der Waals surface area contributed by atoms with Gasteiger partial charge in [0, 0.05) is 25.2 Å². The molecule has 2 aromatic rings. The van der Waals surface area contributed by atoms with Gasteiger partial charge in [-0.2, -0.15) is 0 Å². The predicted octanol–water partition coefficient (Wildman–Crippen LogP) is 3.90. The SMILES string of the molecule is COc1cccc(NC(=O)[C@H]2CC(=O)N(C)C(=Nc3ccc(C)c(C)c3)S2)c1. The Balaban J connectivity index is 1.79. The lowest BCUT2D eigenvalue weighted by molar-refractivity contribution is -0.128. The number of anilines is 1. The minimum atomic E-state index is -0.541. The molecule has 2 amide bonds. The Morgan fingerprint density at radius 1 is 1.21 bits per heavy atom. The Labute approximate surface area is 169 Å². The standard InChI is InChI=1S/C21H23N3O3S/c1-13-8-9-16(10-14(13)2)23-21-24(3)19(25)12-18(28-21)20(26)22-15-6-5-7-17(11-15)27-4/h5-11,18H,12H2,1-4H3,(H,22,26)/t18-/m1/s1. The van der Waals surface area contributed by atoms with Crippen LogP contribution >= 0.6 is 11.8 Å². The number of carbonyl (C=O) groups is 2. The van der Waals surface area contributed by atoms with Crippen LogP contribution in [0.15, 0.2) is 47.5 Å². The maximum absolute atomic E-state index is 12.7. The van der Waals surface area contributed by atoms with E-state index in [2.05, 4.69) is 10.3 Å². The van der Waals surface area contributed by atoms with Gasteiger partial charge in [-0.3, -0.25) is 14.5 Å². The zero-order valence-corrected chi connectivity index (χ0v) is 17.2. The van der Waals surface area contributed by atoms with Gasteiger partial charge >= 0.3 is 0 Å². The van der Waals surface area contributed by atoms with Crippen LogP contribution in [0.2, 0.25) is 0 Å². The second-order valence-electron chi connectivity index (χ2n) is 6.65. The summed E-state index contributed by atoms with van der Waals surface area (Å²) < 4.78 is 5.18. The largest absolute Gasteiger partial charge is 0.497 e. The van der Waals surface area contributed by atoms with Crippen molar-refractivity contribution >= 4 is 40.1 Å². The van der Waals surface area contributed by atoms with Gasteiger partial charge in [-0.05, 0) is 49.2 Å². The number of hydrogen-bond donors (Lipinski definition) is 1. The molecule has 1 atom stereocenters. The van der Waals surface area contributed by atoms with Crippen molar-refractivity contribution < 1.29 is 14.3 Å². The van der Waals surface area contributed by atoms with Crippen molar-refractivity contribution in [1.82, 2.24) is 4.90 Å². The minimum Gasteiger partial charge on any atom is -0.497 e. The molecule has 28 heavy (non-hydrogen) atoms. The number of carbonyl (C=O) groups excluding carboxylic acids is 2. The minimum absolute atomic E-state index is 0.128. The molecular weight excluding hydrogens is 374 g/mol. The highest BCUT2D eigenvalue weighted by atomic mass is 32.2. The van der Waals surface area contributed by atoms with Crippen LogP contribution in [0.1, 0.15) is 17.5 Å². The van der Waals surface area contributed by atoms with Crippen LogP contribution in [0.3, 0.4) is 0 Å². The number of aryl methyl sites for hydroxylation is 2. The van der Waals surface area contributed by atoms with Gasteiger partial charge in [0.1, 0.15) is 11.0 Å². The summed E-state index contributed by atoms with van der Waals surface area (Å²) >= 11 is 1.30. The van der Waals surface area contributed by atoms with Gasteiger partial charge in [-0.1, -0.05) is 23.9 Å². The molecule has 1 aliphatic heterocycles. The molecule has 6 nitrogen and oxygen atoms in total. The first-order chi connectivity index (χ1) is 13.4. The van der Waals surface area contributed by atoms with E-state index in [1.165, 1.54) is 22.2 Å². The lowest BCUT2D eigenvalue weighted by atomic mass is 10.1.